The largest absolute Gasteiger partial charge is 0.493 e. The Kier molecular flexibility index (Phi) is 12.4. The maximum absolute atomic E-state index is 12.1. The summed E-state index contributed by atoms with van der Waals surface area (Å²) in [5, 5.41) is 16.6. The third kappa shape index (κ3) is 10.4. The third-order valence-corrected chi connectivity index (χ3v) is 5.90. The Morgan fingerprint density at radius 1 is 1.13 bits per heavy atom. The number of rotatable bonds is 16. The molecule has 0 heterocycles. The number of aliphatic hydroxyl groups is 1. The first-order chi connectivity index (χ1) is 15.1. The number of aliphatic hydroxyl groups excluding tert-OH is 1. The van der Waals surface area contributed by atoms with E-state index in [-0.39, 0.29) is 12.5 Å². The lowest BCUT2D eigenvalue weighted by molar-refractivity contribution is -0.121. The van der Waals surface area contributed by atoms with Gasteiger partial charge in [0.1, 0.15) is 12.7 Å². The molecule has 2 rings (SSSR count). The Balaban J connectivity index is 1.68. The Morgan fingerprint density at radius 2 is 1.87 bits per heavy atom. The molecular formula is C25H42N2O4. The highest BCUT2D eigenvalue weighted by atomic mass is 16.5. The molecule has 31 heavy (non-hydrogen) atoms. The average Bonchev–Trinajstić information content (AvgIpc) is 3.31. The molecule has 0 spiro atoms. The van der Waals surface area contributed by atoms with Gasteiger partial charge in [-0.2, -0.15) is 0 Å². The monoisotopic (exact) mass is 434 g/mol. The lowest BCUT2D eigenvalue weighted by Crippen LogP contribution is -2.36. The van der Waals surface area contributed by atoms with Gasteiger partial charge in [0.2, 0.25) is 5.91 Å². The summed E-state index contributed by atoms with van der Waals surface area (Å²) < 4.78 is 11.2. The SMILES string of the molecule is CCCCCCCCC(=O)NCc1ccc(OCC(O)CNC2CCCC2)c(OC)c1. The van der Waals surface area contributed by atoms with Crippen LogP contribution in [0.5, 0.6) is 11.5 Å². The van der Waals surface area contributed by atoms with Crippen molar-refractivity contribution < 1.29 is 19.4 Å². The number of hydrogen-bond donors (Lipinski definition) is 3. The second kappa shape index (κ2) is 15.1. The van der Waals surface area contributed by atoms with Crippen LogP contribution in [0, 0.1) is 0 Å². The minimum Gasteiger partial charge on any atom is -0.493 e. The lowest BCUT2D eigenvalue weighted by Gasteiger charge is -2.18. The summed E-state index contributed by atoms with van der Waals surface area (Å²) in [5.74, 6) is 1.30. The minimum absolute atomic E-state index is 0.0904. The molecular weight excluding hydrogens is 392 g/mol. The van der Waals surface area contributed by atoms with Gasteiger partial charge in [0.15, 0.2) is 11.5 Å². The van der Waals surface area contributed by atoms with E-state index in [1.54, 1.807) is 7.11 Å². The van der Waals surface area contributed by atoms with Crippen molar-refractivity contribution in [2.75, 3.05) is 20.3 Å². The van der Waals surface area contributed by atoms with Gasteiger partial charge in [-0.05, 0) is 37.0 Å². The van der Waals surface area contributed by atoms with Gasteiger partial charge in [-0.1, -0.05) is 57.9 Å². The molecule has 1 atom stereocenters. The fraction of sp³-hybridized carbons (Fsp3) is 0.720. The second-order valence-corrected chi connectivity index (χ2v) is 8.63. The van der Waals surface area contributed by atoms with Crippen molar-refractivity contribution in [3.8, 4) is 11.5 Å². The number of ether oxygens (including phenoxy) is 2. The molecule has 1 aliphatic rings. The highest BCUT2D eigenvalue weighted by Crippen LogP contribution is 2.28. The van der Waals surface area contributed by atoms with Crippen LogP contribution >= 0.6 is 0 Å². The van der Waals surface area contributed by atoms with E-state index in [0.717, 1.165) is 18.4 Å². The number of carbonyl (C=O) groups is 1. The number of hydrogen-bond acceptors (Lipinski definition) is 5. The molecule has 1 amide bonds. The van der Waals surface area contributed by atoms with Gasteiger partial charge in [0.25, 0.3) is 0 Å². The molecule has 0 aromatic heterocycles. The normalized spacial score (nSPS) is 15.1. The van der Waals surface area contributed by atoms with E-state index in [0.29, 0.717) is 37.1 Å². The molecule has 0 radical (unpaired) electrons. The summed E-state index contributed by atoms with van der Waals surface area (Å²) in [6.07, 6.45) is 12.0. The van der Waals surface area contributed by atoms with Crippen molar-refractivity contribution in [2.24, 2.45) is 0 Å². The van der Waals surface area contributed by atoms with Crippen LogP contribution in [0.25, 0.3) is 0 Å². The standard InChI is InChI=1S/C25H42N2O4/c1-3-4-5-6-7-8-13-25(29)27-17-20-14-15-23(24(16-20)30-2)31-19-22(28)18-26-21-11-9-10-12-21/h14-16,21-22,26,28H,3-13,17-19H2,1-2H3,(H,27,29). The van der Waals surface area contributed by atoms with Crippen molar-refractivity contribution >= 4 is 5.91 Å². The zero-order valence-electron chi connectivity index (χ0n) is 19.5. The number of methoxy groups -OCH3 is 1. The maximum Gasteiger partial charge on any atom is 0.220 e. The Labute approximate surface area is 188 Å². The van der Waals surface area contributed by atoms with Gasteiger partial charge in [-0.3, -0.25) is 4.79 Å². The highest BCUT2D eigenvalue weighted by Gasteiger charge is 2.16. The predicted octanol–water partition coefficient (Wildman–Crippen LogP) is 4.33. The van der Waals surface area contributed by atoms with Crippen molar-refractivity contribution in [1.29, 1.82) is 0 Å². The molecule has 176 valence electrons. The molecule has 1 unspecified atom stereocenters. The summed E-state index contributed by atoms with van der Waals surface area (Å²) in [6, 6.07) is 6.17. The molecule has 1 saturated carbocycles. The third-order valence-electron chi connectivity index (χ3n) is 5.90. The molecule has 0 bridgehead atoms. The molecule has 0 saturated heterocycles. The summed E-state index contributed by atoms with van der Waals surface area (Å²) in [4.78, 5) is 12.1. The van der Waals surface area contributed by atoms with Gasteiger partial charge < -0.3 is 25.2 Å². The number of nitrogens with one attached hydrogen (secondary N) is 2. The van der Waals surface area contributed by atoms with E-state index in [4.69, 9.17) is 9.47 Å². The van der Waals surface area contributed by atoms with Crippen LogP contribution in [-0.4, -0.2) is 43.4 Å². The quantitative estimate of drug-likeness (QED) is 0.337. The van der Waals surface area contributed by atoms with Crippen LogP contribution in [-0.2, 0) is 11.3 Å². The van der Waals surface area contributed by atoms with Gasteiger partial charge >= 0.3 is 0 Å². The fourth-order valence-electron chi connectivity index (χ4n) is 3.97. The molecule has 1 aromatic rings. The van der Waals surface area contributed by atoms with E-state index in [1.807, 2.05) is 18.2 Å². The topological polar surface area (TPSA) is 79.8 Å². The van der Waals surface area contributed by atoms with Crippen LogP contribution in [0.3, 0.4) is 0 Å². The first kappa shape index (κ1) is 25.5. The van der Waals surface area contributed by atoms with E-state index in [9.17, 15) is 9.90 Å². The number of benzene rings is 1. The second-order valence-electron chi connectivity index (χ2n) is 8.63. The predicted molar refractivity (Wildman–Crippen MR) is 125 cm³/mol. The molecule has 1 fully saturated rings. The minimum atomic E-state index is -0.564. The van der Waals surface area contributed by atoms with Gasteiger partial charge in [0.05, 0.1) is 7.11 Å². The Bertz CT molecular complexity index is 632. The number of unbranched alkanes of at least 4 members (excludes halogenated alkanes) is 5. The van der Waals surface area contributed by atoms with E-state index >= 15 is 0 Å². The zero-order chi connectivity index (χ0) is 22.3. The van der Waals surface area contributed by atoms with Crippen LogP contribution < -0.4 is 20.1 Å². The van der Waals surface area contributed by atoms with Gasteiger partial charge in [-0.15, -0.1) is 0 Å². The lowest BCUT2D eigenvalue weighted by atomic mass is 10.1. The first-order valence-electron chi connectivity index (χ1n) is 12.1. The van der Waals surface area contributed by atoms with Crippen molar-refractivity contribution in [3.05, 3.63) is 23.8 Å². The molecule has 1 aromatic carbocycles. The molecule has 3 N–H and O–H groups in total. The summed E-state index contributed by atoms with van der Waals surface area (Å²) in [7, 11) is 1.60. The molecule has 1 aliphatic carbocycles. The summed E-state index contributed by atoms with van der Waals surface area (Å²) >= 11 is 0. The zero-order valence-corrected chi connectivity index (χ0v) is 19.5. The van der Waals surface area contributed by atoms with Crippen LogP contribution in [0.1, 0.15) is 83.1 Å². The average molecular weight is 435 g/mol. The maximum atomic E-state index is 12.1. The fourth-order valence-corrected chi connectivity index (χ4v) is 3.97. The molecule has 6 heteroatoms. The van der Waals surface area contributed by atoms with Crippen molar-refractivity contribution in [2.45, 2.75) is 96.2 Å². The Morgan fingerprint density at radius 3 is 2.61 bits per heavy atom. The van der Waals surface area contributed by atoms with E-state index in [1.165, 1.54) is 51.4 Å². The van der Waals surface area contributed by atoms with Crippen LogP contribution in [0.4, 0.5) is 0 Å². The first-order valence-corrected chi connectivity index (χ1v) is 12.1. The summed E-state index contributed by atoms with van der Waals surface area (Å²) in [6.45, 7) is 3.43. The highest BCUT2D eigenvalue weighted by molar-refractivity contribution is 5.75. The smallest absolute Gasteiger partial charge is 0.220 e. The summed E-state index contributed by atoms with van der Waals surface area (Å²) in [5.41, 5.74) is 0.962. The van der Waals surface area contributed by atoms with E-state index < -0.39 is 6.10 Å². The molecule has 0 aliphatic heterocycles. The molecule has 6 nitrogen and oxygen atoms in total. The van der Waals surface area contributed by atoms with E-state index in [2.05, 4.69) is 17.6 Å². The Hall–Kier alpha value is -1.79. The number of carbonyl (C=O) groups excluding carboxylic acids is 1. The van der Waals surface area contributed by atoms with Crippen LogP contribution in [0.15, 0.2) is 18.2 Å². The van der Waals surface area contributed by atoms with Gasteiger partial charge in [0, 0.05) is 25.6 Å². The van der Waals surface area contributed by atoms with Crippen LogP contribution in [0.2, 0.25) is 0 Å². The van der Waals surface area contributed by atoms with Crippen molar-refractivity contribution in [3.63, 3.8) is 0 Å². The van der Waals surface area contributed by atoms with Crippen molar-refractivity contribution in [1.82, 2.24) is 10.6 Å². The number of amides is 1. The van der Waals surface area contributed by atoms with Gasteiger partial charge in [-0.25, -0.2) is 0 Å².